The van der Waals surface area contributed by atoms with Crippen LogP contribution in [0.4, 0.5) is 0 Å². The second-order valence-electron chi connectivity index (χ2n) is 5.31. The summed E-state index contributed by atoms with van der Waals surface area (Å²) in [6.45, 7) is 4.13. The molecule has 0 aliphatic carbocycles. The first-order chi connectivity index (χ1) is 9.85. The van der Waals surface area contributed by atoms with Gasteiger partial charge in [-0.15, -0.1) is 0 Å². The van der Waals surface area contributed by atoms with Gasteiger partial charge in [0.2, 0.25) is 0 Å². The highest BCUT2D eigenvalue weighted by Crippen LogP contribution is 2.37. The summed E-state index contributed by atoms with van der Waals surface area (Å²) in [5.74, 6) is 0.584. The molecule has 0 fully saturated rings. The highest BCUT2D eigenvalue weighted by Gasteiger charge is 2.30. The summed E-state index contributed by atoms with van der Waals surface area (Å²) in [5, 5.41) is 0.429. The van der Waals surface area contributed by atoms with Crippen molar-refractivity contribution in [3.05, 3.63) is 22.7 Å². The number of halogens is 1. The van der Waals surface area contributed by atoms with Gasteiger partial charge in [-0.2, -0.15) is 0 Å². The van der Waals surface area contributed by atoms with E-state index >= 15 is 0 Å². The number of methoxy groups -OCH3 is 2. The number of carbonyl (C=O) groups excluding carboxylic acids is 1. The monoisotopic (exact) mass is 315 g/mol. The Bertz CT molecular complexity index is 503. The summed E-state index contributed by atoms with van der Waals surface area (Å²) < 4.78 is 15.7. The molecule has 0 aromatic heterocycles. The molecule has 0 aliphatic heterocycles. The lowest BCUT2D eigenvalue weighted by Crippen LogP contribution is -2.32. The fraction of sp³-hybridized carbons (Fsp3) is 0.533. The van der Waals surface area contributed by atoms with E-state index in [-0.39, 0.29) is 12.6 Å². The number of rotatable bonds is 7. The number of hydrogen-bond acceptors (Lipinski definition) is 5. The predicted molar refractivity (Wildman–Crippen MR) is 82.1 cm³/mol. The molecule has 5 nitrogen and oxygen atoms in total. The lowest BCUT2D eigenvalue weighted by Gasteiger charge is -2.23. The Hall–Kier alpha value is -1.46. The van der Waals surface area contributed by atoms with Crippen molar-refractivity contribution in [2.75, 3.05) is 27.4 Å². The van der Waals surface area contributed by atoms with Crippen LogP contribution < -0.4 is 15.2 Å². The van der Waals surface area contributed by atoms with E-state index < -0.39 is 5.41 Å². The molecule has 21 heavy (non-hydrogen) atoms. The molecule has 0 saturated carbocycles. The molecule has 0 unspecified atom stereocenters. The van der Waals surface area contributed by atoms with Crippen molar-refractivity contribution in [3.63, 3.8) is 0 Å². The Kier molecular flexibility index (Phi) is 6.30. The second-order valence-corrected chi connectivity index (χ2v) is 5.72. The van der Waals surface area contributed by atoms with Crippen molar-refractivity contribution in [1.29, 1.82) is 0 Å². The summed E-state index contributed by atoms with van der Waals surface area (Å²) in [6, 6.07) is 3.62. The second kappa shape index (κ2) is 7.52. The van der Waals surface area contributed by atoms with E-state index in [0.29, 0.717) is 29.5 Å². The van der Waals surface area contributed by atoms with Gasteiger partial charge in [-0.25, -0.2) is 0 Å². The van der Waals surface area contributed by atoms with E-state index in [1.165, 1.54) is 14.2 Å². The van der Waals surface area contributed by atoms with Crippen LogP contribution in [0.2, 0.25) is 5.02 Å². The molecule has 0 amide bonds. The lowest BCUT2D eigenvalue weighted by atomic mass is 9.95. The van der Waals surface area contributed by atoms with Gasteiger partial charge in [0.05, 0.1) is 24.7 Å². The maximum atomic E-state index is 11.7. The van der Waals surface area contributed by atoms with Crippen molar-refractivity contribution >= 4 is 17.6 Å². The van der Waals surface area contributed by atoms with Crippen LogP contribution in [0.1, 0.15) is 19.4 Å². The summed E-state index contributed by atoms with van der Waals surface area (Å²) in [4.78, 5) is 11.7. The zero-order valence-corrected chi connectivity index (χ0v) is 13.6. The molecule has 0 radical (unpaired) electrons. The quantitative estimate of drug-likeness (QED) is 0.782. The third-order valence-corrected chi connectivity index (χ3v) is 3.32. The topological polar surface area (TPSA) is 70.8 Å². The Morgan fingerprint density at radius 2 is 2.00 bits per heavy atom. The summed E-state index contributed by atoms with van der Waals surface area (Å²) in [7, 11) is 2.88. The van der Waals surface area contributed by atoms with Gasteiger partial charge in [0.15, 0.2) is 11.5 Å². The van der Waals surface area contributed by atoms with Gasteiger partial charge in [-0.1, -0.05) is 11.6 Å². The van der Waals surface area contributed by atoms with Crippen LogP contribution >= 0.6 is 11.6 Å². The number of nitrogens with two attached hydrogens (primary N) is 1. The third-order valence-electron chi connectivity index (χ3n) is 3.04. The third kappa shape index (κ3) is 4.51. The van der Waals surface area contributed by atoms with Crippen LogP contribution in [0.5, 0.6) is 11.5 Å². The highest BCUT2D eigenvalue weighted by molar-refractivity contribution is 6.32. The van der Waals surface area contributed by atoms with Gasteiger partial charge in [-0.3, -0.25) is 4.79 Å². The van der Waals surface area contributed by atoms with E-state index in [1.54, 1.807) is 19.9 Å². The molecule has 0 bridgehead atoms. The number of benzene rings is 1. The first-order valence-electron chi connectivity index (χ1n) is 6.63. The standard InChI is InChI=1S/C15H22ClNO4/c1-15(2,14(18)20-4)9-21-13-11(16)7-10(5-6-17)8-12(13)19-3/h7-8H,5-6,9,17H2,1-4H3. The Morgan fingerprint density at radius 1 is 1.33 bits per heavy atom. The average molecular weight is 316 g/mol. The maximum absolute atomic E-state index is 11.7. The van der Waals surface area contributed by atoms with Gasteiger partial charge in [0.1, 0.15) is 6.61 Å². The predicted octanol–water partition coefficient (Wildman–Crippen LogP) is 2.43. The van der Waals surface area contributed by atoms with Crippen LogP contribution in [0.25, 0.3) is 0 Å². The van der Waals surface area contributed by atoms with Crippen LogP contribution in [0.15, 0.2) is 12.1 Å². The fourth-order valence-electron chi connectivity index (χ4n) is 1.81. The molecular formula is C15H22ClNO4. The Balaban J connectivity index is 2.95. The molecule has 0 heterocycles. The highest BCUT2D eigenvalue weighted by atomic mass is 35.5. The van der Waals surface area contributed by atoms with Crippen LogP contribution in [0, 0.1) is 5.41 Å². The fourth-order valence-corrected chi connectivity index (χ4v) is 2.10. The molecule has 1 rings (SSSR count). The zero-order valence-electron chi connectivity index (χ0n) is 12.9. The number of hydrogen-bond donors (Lipinski definition) is 1. The summed E-state index contributed by atoms with van der Waals surface area (Å²) in [6.07, 6.45) is 0.698. The normalized spacial score (nSPS) is 11.1. The van der Waals surface area contributed by atoms with Crippen LogP contribution in [-0.4, -0.2) is 33.3 Å². The number of ether oxygens (including phenoxy) is 3. The van der Waals surface area contributed by atoms with E-state index in [0.717, 1.165) is 5.56 Å². The molecule has 118 valence electrons. The van der Waals surface area contributed by atoms with E-state index in [9.17, 15) is 4.79 Å². The minimum Gasteiger partial charge on any atom is -0.493 e. The first-order valence-corrected chi connectivity index (χ1v) is 7.01. The molecule has 1 aromatic carbocycles. The SMILES string of the molecule is COC(=O)C(C)(C)COc1c(Cl)cc(CCN)cc1OC. The van der Waals surface area contributed by atoms with Gasteiger partial charge in [-0.05, 0) is 44.5 Å². The first kappa shape index (κ1) is 17.6. The van der Waals surface area contributed by atoms with E-state index in [2.05, 4.69) is 0 Å². The molecule has 6 heteroatoms. The van der Waals surface area contributed by atoms with Crippen LogP contribution in [0.3, 0.4) is 0 Å². The molecule has 1 aromatic rings. The number of esters is 1. The number of carbonyl (C=O) groups is 1. The summed E-state index contributed by atoms with van der Waals surface area (Å²) in [5.41, 5.74) is 5.73. The lowest BCUT2D eigenvalue weighted by molar-refractivity contribution is -0.152. The van der Waals surface area contributed by atoms with Crippen molar-refractivity contribution in [2.24, 2.45) is 11.1 Å². The molecule has 0 saturated heterocycles. The maximum Gasteiger partial charge on any atom is 0.314 e. The largest absolute Gasteiger partial charge is 0.493 e. The molecular weight excluding hydrogens is 294 g/mol. The summed E-state index contributed by atoms with van der Waals surface area (Å²) >= 11 is 6.23. The van der Waals surface area contributed by atoms with Gasteiger partial charge in [0.25, 0.3) is 0 Å². The zero-order chi connectivity index (χ0) is 16.0. The van der Waals surface area contributed by atoms with Gasteiger partial charge in [0, 0.05) is 0 Å². The Morgan fingerprint density at radius 3 is 2.52 bits per heavy atom. The van der Waals surface area contributed by atoms with E-state index in [1.807, 2.05) is 6.07 Å². The van der Waals surface area contributed by atoms with Crippen molar-refractivity contribution in [1.82, 2.24) is 0 Å². The van der Waals surface area contributed by atoms with Crippen molar-refractivity contribution in [2.45, 2.75) is 20.3 Å². The minimum atomic E-state index is -0.779. The van der Waals surface area contributed by atoms with E-state index in [4.69, 9.17) is 31.5 Å². The van der Waals surface area contributed by atoms with Crippen LogP contribution in [-0.2, 0) is 16.0 Å². The van der Waals surface area contributed by atoms with Crippen molar-refractivity contribution in [3.8, 4) is 11.5 Å². The average Bonchev–Trinajstić information content (AvgIpc) is 2.44. The molecule has 0 atom stereocenters. The Labute approximate surface area is 130 Å². The van der Waals surface area contributed by atoms with Gasteiger partial charge >= 0.3 is 5.97 Å². The smallest absolute Gasteiger partial charge is 0.314 e. The minimum absolute atomic E-state index is 0.131. The molecule has 0 spiro atoms. The van der Waals surface area contributed by atoms with Gasteiger partial charge < -0.3 is 19.9 Å². The molecule has 0 aliphatic rings. The molecule has 2 N–H and O–H groups in total. The van der Waals surface area contributed by atoms with Crippen molar-refractivity contribution < 1.29 is 19.0 Å².